The van der Waals surface area contributed by atoms with Crippen LogP contribution in [-0.4, -0.2) is 22.6 Å². The van der Waals surface area contributed by atoms with Gasteiger partial charge in [-0.3, -0.25) is 0 Å². The topological polar surface area (TPSA) is 12.0 Å². The van der Waals surface area contributed by atoms with E-state index < -0.39 is 0 Å². The summed E-state index contributed by atoms with van der Waals surface area (Å²) in [7, 11) is 0. The molecule has 1 nitrogen and oxygen atoms in total. The second-order valence-corrected chi connectivity index (χ2v) is 6.64. The molecule has 3 unspecified atom stereocenters. The highest BCUT2D eigenvalue weighted by atomic mass is 32.2. The fraction of sp³-hybridized carbons (Fsp3) is 1.00. The van der Waals surface area contributed by atoms with Gasteiger partial charge in [0.05, 0.1) is 0 Å². The Hall–Kier alpha value is 0.310. The van der Waals surface area contributed by atoms with Crippen molar-refractivity contribution in [3.63, 3.8) is 0 Å². The molecule has 0 bridgehead atoms. The lowest BCUT2D eigenvalue weighted by atomic mass is 9.89. The molecule has 0 radical (unpaired) electrons. The predicted molar refractivity (Wildman–Crippen MR) is 62.8 cm³/mol. The molecule has 1 saturated heterocycles. The minimum atomic E-state index is 0.869. The van der Waals surface area contributed by atoms with Crippen LogP contribution in [0.15, 0.2) is 0 Å². The van der Waals surface area contributed by atoms with E-state index in [1.165, 1.54) is 51.4 Å². The first kappa shape index (κ1) is 9.53. The second-order valence-electron chi connectivity index (χ2n) is 5.16. The Morgan fingerprint density at radius 1 is 0.714 bits per heavy atom. The fourth-order valence-electron chi connectivity index (χ4n) is 3.40. The van der Waals surface area contributed by atoms with Crippen molar-refractivity contribution >= 4 is 11.8 Å². The van der Waals surface area contributed by atoms with Gasteiger partial charge in [-0.05, 0) is 25.7 Å². The molecule has 3 fully saturated rings. The fourth-order valence-corrected chi connectivity index (χ4v) is 5.26. The van der Waals surface area contributed by atoms with E-state index >= 15 is 0 Å². The maximum Gasteiger partial charge on any atom is 0.0204 e. The van der Waals surface area contributed by atoms with Crippen molar-refractivity contribution in [2.45, 2.75) is 74.0 Å². The van der Waals surface area contributed by atoms with Gasteiger partial charge in [0, 0.05) is 22.6 Å². The highest BCUT2D eigenvalue weighted by Gasteiger charge is 2.38. The van der Waals surface area contributed by atoms with Gasteiger partial charge in [-0.25, -0.2) is 0 Å². The molecular weight excluding hydrogens is 190 g/mol. The van der Waals surface area contributed by atoms with Crippen molar-refractivity contribution in [1.29, 1.82) is 0 Å². The number of rotatable bonds is 0. The van der Waals surface area contributed by atoms with Crippen LogP contribution < -0.4 is 5.32 Å². The van der Waals surface area contributed by atoms with Gasteiger partial charge < -0.3 is 5.32 Å². The van der Waals surface area contributed by atoms with E-state index in [0.29, 0.717) is 0 Å². The molecule has 0 aromatic rings. The lowest BCUT2D eigenvalue weighted by Gasteiger charge is -2.46. The van der Waals surface area contributed by atoms with Gasteiger partial charge in [-0.2, -0.15) is 11.8 Å². The molecule has 2 heteroatoms. The zero-order valence-corrected chi connectivity index (χ0v) is 9.69. The van der Waals surface area contributed by atoms with Crippen molar-refractivity contribution in [1.82, 2.24) is 5.32 Å². The minimum Gasteiger partial charge on any atom is -0.309 e. The molecule has 0 aromatic carbocycles. The Morgan fingerprint density at radius 2 is 1.21 bits per heavy atom. The molecule has 1 heterocycles. The largest absolute Gasteiger partial charge is 0.309 e. The van der Waals surface area contributed by atoms with Crippen LogP contribution in [0.25, 0.3) is 0 Å². The summed E-state index contributed by atoms with van der Waals surface area (Å²) in [5.74, 6) is 0. The summed E-state index contributed by atoms with van der Waals surface area (Å²) in [6.45, 7) is 0. The van der Waals surface area contributed by atoms with Gasteiger partial charge in [-0.15, -0.1) is 0 Å². The van der Waals surface area contributed by atoms with Gasteiger partial charge in [0.25, 0.3) is 0 Å². The summed E-state index contributed by atoms with van der Waals surface area (Å²) in [6, 6.07) is 1.74. The Bertz CT molecular complexity index is 164. The van der Waals surface area contributed by atoms with Crippen LogP contribution in [0, 0.1) is 0 Å². The number of hydrogen-bond acceptors (Lipinski definition) is 2. The summed E-state index contributed by atoms with van der Waals surface area (Å²) >= 11 is 2.34. The lowest BCUT2D eigenvalue weighted by Crippen LogP contribution is -2.56. The van der Waals surface area contributed by atoms with Gasteiger partial charge in [0.1, 0.15) is 0 Å². The first-order valence-electron chi connectivity index (χ1n) is 6.35. The highest BCUT2D eigenvalue weighted by Crippen LogP contribution is 2.41. The van der Waals surface area contributed by atoms with E-state index in [1.54, 1.807) is 0 Å². The first-order valence-corrected chi connectivity index (χ1v) is 7.29. The van der Waals surface area contributed by atoms with Crippen LogP contribution in [0.5, 0.6) is 0 Å². The molecule has 1 N–H and O–H groups in total. The smallest absolute Gasteiger partial charge is 0.0204 e. The van der Waals surface area contributed by atoms with E-state index in [2.05, 4.69) is 17.1 Å². The third-order valence-corrected chi connectivity index (χ3v) is 6.01. The van der Waals surface area contributed by atoms with Gasteiger partial charge in [0.2, 0.25) is 0 Å². The average Bonchev–Trinajstić information content (AvgIpc) is 2.26. The van der Waals surface area contributed by atoms with Crippen LogP contribution in [0.2, 0.25) is 0 Å². The van der Waals surface area contributed by atoms with E-state index in [1.807, 2.05) is 0 Å². The van der Waals surface area contributed by atoms with Gasteiger partial charge in [0.15, 0.2) is 0 Å². The van der Waals surface area contributed by atoms with Crippen molar-refractivity contribution < 1.29 is 0 Å². The molecule has 0 spiro atoms. The summed E-state index contributed by atoms with van der Waals surface area (Å²) in [5, 5.41) is 5.86. The van der Waals surface area contributed by atoms with E-state index in [4.69, 9.17) is 0 Å². The number of hydrogen-bond donors (Lipinski definition) is 1. The van der Waals surface area contributed by atoms with E-state index in [-0.39, 0.29) is 0 Å². The molecule has 1 aliphatic heterocycles. The number of thioether (sulfide) groups is 1. The summed E-state index contributed by atoms with van der Waals surface area (Å²) in [5.41, 5.74) is 0. The standard InChI is InChI=1S/C12H21NS/c1-3-7-11-9(5-1)13-10-6-2-4-8-12(10)14-11/h9-13H,1-8H2/t9?,10?,11-,12?/m1/s1. The first-order chi connectivity index (χ1) is 6.93. The Morgan fingerprint density at radius 3 is 1.79 bits per heavy atom. The van der Waals surface area contributed by atoms with Crippen molar-refractivity contribution in [3.05, 3.63) is 0 Å². The quantitative estimate of drug-likeness (QED) is 0.661. The molecule has 0 aromatic heterocycles. The Kier molecular flexibility index (Phi) is 2.76. The molecule has 80 valence electrons. The van der Waals surface area contributed by atoms with Crippen molar-refractivity contribution in [2.75, 3.05) is 0 Å². The van der Waals surface area contributed by atoms with E-state index in [0.717, 1.165) is 22.6 Å². The third kappa shape index (κ3) is 1.71. The molecule has 3 rings (SSSR count). The van der Waals surface area contributed by atoms with Crippen molar-refractivity contribution in [3.8, 4) is 0 Å². The van der Waals surface area contributed by atoms with Gasteiger partial charge in [-0.1, -0.05) is 25.7 Å². The summed E-state index contributed by atoms with van der Waals surface area (Å²) in [4.78, 5) is 0. The zero-order valence-electron chi connectivity index (χ0n) is 8.87. The normalized spacial score (nSPS) is 48.0. The van der Waals surface area contributed by atoms with Crippen LogP contribution in [0.1, 0.15) is 51.4 Å². The summed E-state index contributed by atoms with van der Waals surface area (Å²) in [6.07, 6.45) is 11.7. The third-order valence-electron chi connectivity index (χ3n) is 4.18. The number of nitrogens with one attached hydrogen (secondary N) is 1. The maximum absolute atomic E-state index is 3.94. The van der Waals surface area contributed by atoms with E-state index in [9.17, 15) is 0 Å². The lowest BCUT2D eigenvalue weighted by molar-refractivity contribution is 0.284. The van der Waals surface area contributed by atoms with Gasteiger partial charge >= 0.3 is 0 Å². The minimum absolute atomic E-state index is 0.869. The SMILES string of the molecule is C1CCC2S[C@@H]3CCCCC3NC2C1. The molecule has 0 amide bonds. The second kappa shape index (κ2) is 4.05. The monoisotopic (exact) mass is 211 g/mol. The predicted octanol–water partition coefficient (Wildman–Crippen LogP) is 2.95. The molecule has 4 atom stereocenters. The van der Waals surface area contributed by atoms with Crippen LogP contribution in [-0.2, 0) is 0 Å². The van der Waals surface area contributed by atoms with Crippen molar-refractivity contribution in [2.24, 2.45) is 0 Å². The molecule has 3 aliphatic rings. The summed E-state index contributed by atoms with van der Waals surface area (Å²) < 4.78 is 0. The zero-order chi connectivity index (χ0) is 9.38. The molecule has 14 heavy (non-hydrogen) atoms. The highest BCUT2D eigenvalue weighted by molar-refractivity contribution is 8.00. The Balaban J connectivity index is 1.68. The molecule has 2 aliphatic carbocycles. The number of fused-ring (bicyclic) bond motifs is 2. The van der Waals surface area contributed by atoms with Crippen LogP contribution >= 0.6 is 11.8 Å². The maximum atomic E-state index is 3.94. The van der Waals surface area contributed by atoms with Crippen LogP contribution in [0.4, 0.5) is 0 Å². The molecule has 2 saturated carbocycles. The molecular formula is C12H21NS. The Labute approximate surface area is 91.4 Å². The average molecular weight is 211 g/mol. The van der Waals surface area contributed by atoms with Crippen LogP contribution in [0.3, 0.4) is 0 Å².